The molecule has 4 atom stereocenters. The van der Waals surface area contributed by atoms with Crippen molar-refractivity contribution in [2.24, 2.45) is 0 Å². The molecule has 0 amide bonds. The van der Waals surface area contributed by atoms with Crippen molar-refractivity contribution in [2.45, 2.75) is 93.0 Å². The molecule has 4 unspecified atom stereocenters. The van der Waals surface area contributed by atoms with E-state index in [9.17, 15) is 4.79 Å². The van der Waals surface area contributed by atoms with Gasteiger partial charge in [0.1, 0.15) is 17.2 Å². The summed E-state index contributed by atoms with van der Waals surface area (Å²) >= 11 is 0. The second-order valence-corrected chi connectivity index (χ2v) is 9.73. The molecular weight excluding hydrogens is 426 g/mol. The number of aryl methyl sites for hydroxylation is 2. The Hall–Kier alpha value is -1.46. The van der Waals surface area contributed by atoms with Crippen LogP contribution in [0.15, 0.2) is 30.3 Å². The number of hydrogen-bond donors (Lipinski definition) is 0. The summed E-state index contributed by atoms with van der Waals surface area (Å²) < 4.78 is 18.7. The number of rotatable bonds is 12. The molecule has 6 heteroatoms. The van der Waals surface area contributed by atoms with Crippen LogP contribution in [0.25, 0.3) is 0 Å². The second kappa shape index (κ2) is 14.1. The molecule has 0 spiro atoms. The first-order valence-corrected chi connectivity index (χ1v) is 12.8. The molecule has 0 fully saturated rings. The predicted octanol–water partition coefficient (Wildman–Crippen LogP) is 6.33. The molecule has 4 nitrogen and oxygen atoms in total. The van der Waals surface area contributed by atoms with Crippen molar-refractivity contribution in [1.29, 1.82) is 0 Å². The van der Waals surface area contributed by atoms with Gasteiger partial charge in [0.2, 0.25) is 0 Å². The maximum atomic E-state index is 13.4. The van der Waals surface area contributed by atoms with Crippen molar-refractivity contribution in [3.05, 3.63) is 47.0 Å². The van der Waals surface area contributed by atoms with E-state index in [1.807, 2.05) is 65.0 Å². The van der Waals surface area contributed by atoms with Crippen LogP contribution >= 0.6 is 8.58 Å². The third-order valence-corrected chi connectivity index (χ3v) is 6.92. The summed E-state index contributed by atoms with van der Waals surface area (Å²) in [6.07, 6.45) is 2.75. The molecule has 2 aromatic rings. The van der Waals surface area contributed by atoms with Crippen molar-refractivity contribution < 1.29 is 19.0 Å². The Morgan fingerprint density at radius 1 is 0.818 bits per heavy atom. The van der Waals surface area contributed by atoms with Crippen LogP contribution in [-0.2, 0) is 0 Å². The van der Waals surface area contributed by atoms with Crippen molar-refractivity contribution in [1.82, 2.24) is 0 Å². The number of hydrogen-bond acceptors (Lipinski definition) is 4. The SMILES string of the molecule is CCC(C)Oc1cc(OC(C)CC)c(PC(=O)c2c(C)cccc2C)c(OC(C)CC)c1.[LiH]. The molecule has 33 heavy (non-hydrogen) atoms. The fraction of sp³-hybridized carbons (Fsp3) is 0.519. The molecule has 0 saturated carbocycles. The van der Waals surface area contributed by atoms with E-state index in [-0.39, 0.29) is 51.3 Å². The maximum absolute atomic E-state index is 13.4. The minimum atomic E-state index is -0.104. The average molecular weight is 467 g/mol. The van der Waals surface area contributed by atoms with Gasteiger partial charge < -0.3 is 14.2 Å². The minimum absolute atomic E-state index is 0. The molecule has 178 valence electrons. The summed E-state index contributed by atoms with van der Waals surface area (Å²) in [5.74, 6) is 2.07. The van der Waals surface area contributed by atoms with Crippen LogP contribution in [0.5, 0.6) is 17.2 Å². The quantitative estimate of drug-likeness (QED) is 0.271. The van der Waals surface area contributed by atoms with Crippen LogP contribution in [0.4, 0.5) is 0 Å². The topological polar surface area (TPSA) is 44.8 Å². The Balaban J connectivity index is 0.00000544. The van der Waals surface area contributed by atoms with E-state index in [1.165, 1.54) is 0 Å². The molecule has 0 aliphatic rings. The zero-order valence-electron chi connectivity index (χ0n) is 20.9. The van der Waals surface area contributed by atoms with Gasteiger partial charge in [0, 0.05) is 17.7 Å². The third kappa shape index (κ3) is 8.36. The van der Waals surface area contributed by atoms with E-state index in [2.05, 4.69) is 20.8 Å². The standard InChI is InChI=1S/C27H39O4P.Li.H/c1-9-19(6)29-22-15-23(30-20(7)10-2)26(24(16-22)31-21(8)11-3)32-27(28)25-17(4)13-12-14-18(25)5;;/h12-16,19-21,32H,9-11H2,1-8H3;;. The first-order valence-electron chi connectivity index (χ1n) is 11.8. The zero-order chi connectivity index (χ0) is 23.8. The first kappa shape index (κ1) is 29.6. The molecular formula is C27H40LiO4P. The van der Waals surface area contributed by atoms with Gasteiger partial charge in [0.15, 0.2) is 5.52 Å². The van der Waals surface area contributed by atoms with E-state index in [0.717, 1.165) is 41.3 Å². The normalized spacial score (nSPS) is 13.8. The van der Waals surface area contributed by atoms with Crippen molar-refractivity contribution in [3.63, 3.8) is 0 Å². The molecule has 0 aliphatic heterocycles. The molecule has 2 aromatic carbocycles. The number of carbonyl (C=O) groups excluding carboxylic acids is 1. The van der Waals surface area contributed by atoms with Crippen LogP contribution in [0.1, 0.15) is 82.3 Å². The van der Waals surface area contributed by atoms with Crippen LogP contribution in [-0.4, -0.2) is 42.7 Å². The summed E-state index contributed by atoms with van der Waals surface area (Å²) in [5, 5.41) is 0.815. The number of carbonyl (C=O) groups is 1. The Bertz CT molecular complexity index is 862. The molecule has 0 heterocycles. The fourth-order valence-electron chi connectivity index (χ4n) is 3.21. The van der Waals surface area contributed by atoms with Crippen LogP contribution < -0.4 is 19.5 Å². The Labute approximate surface area is 214 Å². The van der Waals surface area contributed by atoms with Gasteiger partial charge in [-0.2, -0.15) is 0 Å². The van der Waals surface area contributed by atoms with Crippen LogP contribution in [0, 0.1) is 13.8 Å². The Kier molecular flexibility index (Phi) is 12.6. The van der Waals surface area contributed by atoms with Gasteiger partial charge in [-0.05, 0) is 73.6 Å². The molecule has 0 N–H and O–H groups in total. The summed E-state index contributed by atoms with van der Waals surface area (Å²) in [7, 11) is -0.104. The van der Waals surface area contributed by atoms with Gasteiger partial charge in [0.25, 0.3) is 0 Å². The van der Waals surface area contributed by atoms with Crippen molar-refractivity contribution in [2.75, 3.05) is 0 Å². The first-order chi connectivity index (χ1) is 15.2. The van der Waals surface area contributed by atoms with E-state index in [0.29, 0.717) is 17.2 Å². The summed E-state index contributed by atoms with van der Waals surface area (Å²) in [5.41, 5.74) is 2.87. The van der Waals surface area contributed by atoms with E-state index >= 15 is 0 Å². The molecule has 0 radical (unpaired) electrons. The van der Waals surface area contributed by atoms with Gasteiger partial charge >= 0.3 is 18.9 Å². The van der Waals surface area contributed by atoms with Crippen molar-refractivity contribution in [3.8, 4) is 17.2 Å². The fourth-order valence-corrected chi connectivity index (χ4v) is 4.46. The summed E-state index contributed by atoms with van der Waals surface area (Å²) in [4.78, 5) is 13.4. The second-order valence-electron chi connectivity index (χ2n) is 8.53. The van der Waals surface area contributed by atoms with Crippen LogP contribution in [0.3, 0.4) is 0 Å². The van der Waals surface area contributed by atoms with Crippen LogP contribution in [0.2, 0.25) is 0 Å². The molecule has 2 rings (SSSR count). The number of benzene rings is 2. The Morgan fingerprint density at radius 3 is 1.67 bits per heavy atom. The van der Waals surface area contributed by atoms with Gasteiger partial charge in [-0.15, -0.1) is 0 Å². The Morgan fingerprint density at radius 2 is 1.24 bits per heavy atom. The molecule has 0 saturated heterocycles. The number of ether oxygens (including phenoxy) is 3. The zero-order valence-corrected chi connectivity index (χ0v) is 21.9. The van der Waals surface area contributed by atoms with E-state index in [4.69, 9.17) is 14.2 Å². The van der Waals surface area contributed by atoms with Gasteiger partial charge in [-0.3, -0.25) is 4.79 Å². The molecule has 0 bridgehead atoms. The van der Waals surface area contributed by atoms with E-state index < -0.39 is 0 Å². The molecule has 0 aromatic heterocycles. The third-order valence-electron chi connectivity index (χ3n) is 5.70. The summed E-state index contributed by atoms with van der Waals surface area (Å²) in [6.45, 7) is 16.4. The van der Waals surface area contributed by atoms with Gasteiger partial charge in [-0.1, -0.05) is 39.0 Å². The monoisotopic (exact) mass is 466 g/mol. The average Bonchev–Trinajstić information content (AvgIpc) is 2.75. The summed E-state index contributed by atoms with van der Waals surface area (Å²) in [6, 6.07) is 9.80. The molecule has 0 aliphatic carbocycles. The predicted molar refractivity (Wildman–Crippen MR) is 143 cm³/mol. The van der Waals surface area contributed by atoms with E-state index in [1.54, 1.807) is 0 Å². The van der Waals surface area contributed by atoms with Gasteiger partial charge in [-0.25, -0.2) is 0 Å². The van der Waals surface area contributed by atoms with Crippen molar-refractivity contribution >= 4 is 38.3 Å². The van der Waals surface area contributed by atoms with Gasteiger partial charge in [0.05, 0.1) is 23.6 Å².